The molecule has 1 atom stereocenters. The van der Waals surface area contributed by atoms with Crippen LogP contribution in [-0.2, 0) is 11.2 Å². The predicted octanol–water partition coefficient (Wildman–Crippen LogP) is 3.52. The van der Waals surface area contributed by atoms with Crippen molar-refractivity contribution < 1.29 is 9.53 Å². The summed E-state index contributed by atoms with van der Waals surface area (Å²) in [6.45, 7) is 4.74. The number of pyridine rings is 1. The summed E-state index contributed by atoms with van der Waals surface area (Å²) in [6.07, 6.45) is 10.2. The fourth-order valence-electron chi connectivity index (χ4n) is 5.02. The number of piperazine rings is 1. The maximum absolute atomic E-state index is 13.0. The molecular weight excluding hydrogens is 400 g/mol. The minimum absolute atomic E-state index is 0.115. The Morgan fingerprint density at radius 3 is 2.50 bits per heavy atom. The first-order valence-electron chi connectivity index (χ1n) is 12.0. The lowest BCUT2D eigenvalue weighted by Gasteiger charge is -2.38. The lowest BCUT2D eigenvalue weighted by molar-refractivity contribution is -0.126. The topological polar surface area (TPSA) is 57.7 Å². The van der Waals surface area contributed by atoms with Crippen LogP contribution in [0, 0.1) is 5.92 Å². The summed E-state index contributed by atoms with van der Waals surface area (Å²) in [5.74, 6) is 1.36. The summed E-state index contributed by atoms with van der Waals surface area (Å²) in [6, 6.07) is 12.5. The van der Waals surface area contributed by atoms with E-state index in [-0.39, 0.29) is 17.9 Å². The number of benzene rings is 1. The highest BCUT2D eigenvalue weighted by Gasteiger charge is 2.26. The zero-order valence-electron chi connectivity index (χ0n) is 19.2. The second-order valence-electron chi connectivity index (χ2n) is 9.06. The van der Waals surface area contributed by atoms with Crippen molar-refractivity contribution in [3.05, 3.63) is 54.4 Å². The Balaban J connectivity index is 1.36. The molecule has 6 nitrogen and oxygen atoms in total. The van der Waals surface area contributed by atoms with Gasteiger partial charge in [-0.1, -0.05) is 31.4 Å². The normalized spacial score (nSPS) is 18.8. The Kier molecular flexibility index (Phi) is 7.99. The first kappa shape index (κ1) is 22.6. The third-order valence-electron chi connectivity index (χ3n) is 6.83. The van der Waals surface area contributed by atoms with E-state index >= 15 is 0 Å². The fourth-order valence-corrected chi connectivity index (χ4v) is 5.02. The molecule has 1 aromatic heterocycles. The van der Waals surface area contributed by atoms with E-state index in [2.05, 4.69) is 44.4 Å². The van der Waals surface area contributed by atoms with Gasteiger partial charge in [-0.2, -0.15) is 0 Å². The SMILES string of the molecule is COc1ccccc1N1CCN(CC(Cc2ccncc2)NC(=O)C2CCCCC2)CC1. The van der Waals surface area contributed by atoms with Gasteiger partial charge in [-0.05, 0) is 49.1 Å². The van der Waals surface area contributed by atoms with Gasteiger partial charge in [-0.25, -0.2) is 0 Å². The minimum Gasteiger partial charge on any atom is -0.495 e. The van der Waals surface area contributed by atoms with Crippen LogP contribution in [0.4, 0.5) is 5.69 Å². The minimum atomic E-state index is 0.115. The van der Waals surface area contributed by atoms with E-state index in [1.54, 1.807) is 7.11 Å². The van der Waals surface area contributed by atoms with Crippen LogP contribution in [0.1, 0.15) is 37.7 Å². The number of ether oxygens (including phenoxy) is 1. The maximum atomic E-state index is 13.0. The number of para-hydroxylation sites is 2. The van der Waals surface area contributed by atoms with Crippen LogP contribution >= 0.6 is 0 Å². The first-order chi connectivity index (χ1) is 15.7. The van der Waals surface area contributed by atoms with Crippen LogP contribution in [0.25, 0.3) is 0 Å². The molecule has 6 heteroatoms. The second kappa shape index (κ2) is 11.3. The molecule has 172 valence electrons. The molecule has 0 spiro atoms. The number of rotatable bonds is 8. The van der Waals surface area contributed by atoms with Gasteiger partial charge >= 0.3 is 0 Å². The van der Waals surface area contributed by atoms with E-state index < -0.39 is 0 Å². The van der Waals surface area contributed by atoms with Crippen molar-refractivity contribution >= 4 is 11.6 Å². The van der Waals surface area contributed by atoms with E-state index in [9.17, 15) is 4.79 Å². The molecule has 1 aliphatic carbocycles. The molecule has 0 bridgehead atoms. The van der Waals surface area contributed by atoms with Crippen LogP contribution in [0.2, 0.25) is 0 Å². The number of nitrogens with zero attached hydrogens (tertiary/aromatic N) is 3. The van der Waals surface area contributed by atoms with Crippen LogP contribution in [0.5, 0.6) is 5.75 Å². The average Bonchev–Trinajstić information content (AvgIpc) is 2.85. The third-order valence-corrected chi connectivity index (χ3v) is 6.83. The summed E-state index contributed by atoms with van der Waals surface area (Å²) < 4.78 is 5.55. The Hall–Kier alpha value is -2.60. The number of carbonyl (C=O) groups excluding carboxylic acids is 1. The average molecular weight is 437 g/mol. The molecule has 0 radical (unpaired) electrons. The number of amides is 1. The lowest BCUT2D eigenvalue weighted by Crippen LogP contribution is -2.53. The zero-order chi connectivity index (χ0) is 22.2. The van der Waals surface area contributed by atoms with Gasteiger partial charge in [0.05, 0.1) is 12.8 Å². The summed E-state index contributed by atoms with van der Waals surface area (Å²) in [7, 11) is 1.73. The summed E-state index contributed by atoms with van der Waals surface area (Å²) in [4.78, 5) is 22.0. The number of aromatic nitrogens is 1. The van der Waals surface area contributed by atoms with Gasteiger partial charge in [0.15, 0.2) is 0 Å². The molecule has 2 fully saturated rings. The molecule has 1 unspecified atom stereocenters. The molecule has 1 amide bonds. The molecule has 1 N–H and O–H groups in total. The molecule has 32 heavy (non-hydrogen) atoms. The monoisotopic (exact) mass is 436 g/mol. The standard InChI is InChI=1S/C26H36N4O2/c1-32-25-10-6-5-9-24(25)30-17-15-29(16-18-30)20-23(19-21-11-13-27-14-12-21)28-26(31)22-7-3-2-4-8-22/h5-6,9-14,22-23H,2-4,7-8,15-20H2,1H3,(H,28,31). The largest absolute Gasteiger partial charge is 0.495 e. The molecule has 1 saturated heterocycles. The van der Waals surface area contributed by atoms with E-state index in [4.69, 9.17) is 4.74 Å². The van der Waals surface area contributed by atoms with Crippen LogP contribution in [0.15, 0.2) is 48.8 Å². The van der Waals surface area contributed by atoms with Crippen molar-refractivity contribution in [1.82, 2.24) is 15.2 Å². The van der Waals surface area contributed by atoms with Crippen molar-refractivity contribution in [2.75, 3.05) is 44.7 Å². The van der Waals surface area contributed by atoms with Gasteiger partial charge in [-0.3, -0.25) is 14.7 Å². The van der Waals surface area contributed by atoms with Crippen molar-refractivity contribution in [2.45, 2.75) is 44.6 Å². The molecule has 1 aliphatic heterocycles. The van der Waals surface area contributed by atoms with E-state index in [1.807, 2.05) is 24.5 Å². The highest BCUT2D eigenvalue weighted by molar-refractivity contribution is 5.79. The molecule has 1 aromatic carbocycles. The van der Waals surface area contributed by atoms with Crippen molar-refractivity contribution in [1.29, 1.82) is 0 Å². The lowest BCUT2D eigenvalue weighted by atomic mass is 9.88. The Bertz CT molecular complexity index is 846. The van der Waals surface area contributed by atoms with Gasteiger partial charge in [0, 0.05) is 57.1 Å². The quantitative estimate of drug-likeness (QED) is 0.686. The van der Waals surface area contributed by atoms with Crippen molar-refractivity contribution in [2.24, 2.45) is 5.92 Å². The highest BCUT2D eigenvalue weighted by atomic mass is 16.5. The highest BCUT2D eigenvalue weighted by Crippen LogP contribution is 2.28. The summed E-state index contributed by atoms with van der Waals surface area (Å²) in [5, 5.41) is 3.41. The smallest absolute Gasteiger partial charge is 0.223 e. The fraction of sp³-hybridized carbons (Fsp3) is 0.538. The van der Waals surface area contributed by atoms with Gasteiger partial charge in [0.2, 0.25) is 5.91 Å². The number of hydrogen-bond donors (Lipinski definition) is 1. The van der Waals surface area contributed by atoms with Crippen molar-refractivity contribution in [3.63, 3.8) is 0 Å². The zero-order valence-corrected chi connectivity index (χ0v) is 19.2. The molecular formula is C26H36N4O2. The number of carbonyl (C=O) groups is 1. The second-order valence-corrected chi connectivity index (χ2v) is 9.06. The third kappa shape index (κ3) is 6.00. The van der Waals surface area contributed by atoms with Gasteiger partial charge in [0.1, 0.15) is 5.75 Å². The molecule has 1 saturated carbocycles. The molecule has 4 rings (SSSR count). The maximum Gasteiger partial charge on any atom is 0.223 e. The van der Waals surface area contributed by atoms with E-state index in [0.29, 0.717) is 0 Å². The van der Waals surface area contributed by atoms with Crippen LogP contribution < -0.4 is 15.0 Å². The number of methoxy groups -OCH3 is 1. The molecule has 2 aliphatic rings. The Morgan fingerprint density at radius 1 is 1.06 bits per heavy atom. The summed E-state index contributed by atoms with van der Waals surface area (Å²) >= 11 is 0. The Labute approximate surface area is 192 Å². The number of nitrogens with one attached hydrogen (secondary N) is 1. The van der Waals surface area contributed by atoms with Crippen molar-refractivity contribution in [3.8, 4) is 5.75 Å². The number of hydrogen-bond acceptors (Lipinski definition) is 5. The Morgan fingerprint density at radius 2 is 1.78 bits per heavy atom. The van der Waals surface area contributed by atoms with Gasteiger partial charge < -0.3 is 15.0 Å². The van der Waals surface area contributed by atoms with Crippen LogP contribution in [-0.4, -0.2) is 61.7 Å². The molecule has 2 aromatic rings. The predicted molar refractivity (Wildman–Crippen MR) is 128 cm³/mol. The van der Waals surface area contributed by atoms with Gasteiger partial charge in [-0.15, -0.1) is 0 Å². The van der Waals surface area contributed by atoms with Gasteiger partial charge in [0.25, 0.3) is 0 Å². The molecule has 2 heterocycles. The number of anilines is 1. The van der Waals surface area contributed by atoms with E-state index in [0.717, 1.165) is 63.4 Å². The van der Waals surface area contributed by atoms with E-state index in [1.165, 1.54) is 24.8 Å². The summed E-state index contributed by atoms with van der Waals surface area (Å²) in [5.41, 5.74) is 2.38. The van der Waals surface area contributed by atoms with Crippen LogP contribution in [0.3, 0.4) is 0 Å². The first-order valence-corrected chi connectivity index (χ1v) is 12.0.